The van der Waals surface area contributed by atoms with Crippen LogP contribution in [0.15, 0.2) is 8.26 Å². The van der Waals surface area contributed by atoms with E-state index < -0.39 is 17.7 Å². The third-order valence-corrected chi connectivity index (χ3v) is 5.03. The van der Waals surface area contributed by atoms with Crippen LogP contribution in [0, 0.1) is 5.82 Å². The van der Waals surface area contributed by atoms with Crippen LogP contribution in [0.2, 0.25) is 0 Å². The monoisotopic (exact) mass is 387 g/mol. The predicted molar refractivity (Wildman–Crippen MR) is 68.6 cm³/mol. The van der Waals surface area contributed by atoms with Gasteiger partial charge in [0.25, 0.3) is 5.91 Å². The highest BCUT2D eigenvalue weighted by Gasteiger charge is 2.21. The standard InChI is InChI=1S/C9H8Br2FNO3S/c1-2-16-4(14)3-13-9(15)7-6(12)5(10)8(11)17-7/h2-3H2,1H3,(H,13,15). The molecule has 0 aliphatic rings. The van der Waals surface area contributed by atoms with Crippen molar-refractivity contribution in [1.29, 1.82) is 0 Å². The minimum Gasteiger partial charge on any atom is -0.465 e. The molecule has 0 aromatic carbocycles. The molecule has 8 heteroatoms. The maximum Gasteiger partial charge on any atom is 0.325 e. The Labute approximate surface area is 118 Å². The molecule has 0 spiro atoms. The summed E-state index contributed by atoms with van der Waals surface area (Å²) in [5.74, 6) is -1.86. The van der Waals surface area contributed by atoms with E-state index in [1.165, 1.54) is 0 Å². The van der Waals surface area contributed by atoms with Gasteiger partial charge in [-0.2, -0.15) is 0 Å². The molecule has 0 aliphatic heterocycles. The predicted octanol–water partition coefficient (Wildman–Crippen LogP) is 2.71. The van der Waals surface area contributed by atoms with Crippen LogP contribution in [0.25, 0.3) is 0 Å². The quantitative estimate of drug-likeness (QED) is 0.807. The highest BCUT2D eigenvalue weighted by molar-refractivity contribution is 9.13. The van der Waals surface area contributed by atoms with Crippen LogP contribution in [0.5, 0.6) is 0 Å². The van der Waals surface area contributed by atoms with Crippen molar-refractivity contribution in [2.45, 2.75) is 6.92 Å². The molecule has 0 fully saturated rings. The van der Waals surface area contributed by atoms with Crippen LogP contribution in [0.3, 0.4) is 0 Å². The fraction of sp³-hybridized carbons (Fsp3) is 0.333. The van der Waals surface area contributed by atoms with Gasteiger partial charge in [-0.25, -0.2) is 4.39 Å². The molecule has 0 aliphatic carbocycles. The molecule has 1 heterocycles. The zero-order valence-electron chi connectivity index (χ0n) is 8.68. The van der Waals surface area contributed by atoms with Gasteiger partial charge in [0.1, 0.15) is 11.4 Å². The lowest BCUT2D eigenvalue weighted by molar-refractivity contribution is -0.141. The van der Waals surface area contributed by atoms with E-state index in [9.17, 15) is 14.0 Å². The van der Waals surface area contributed by atoms with Gasteiger partial charge in [-0.3, -0.25) is 9.59 Å². The van der Waals surface area contributed by atoms with E-state index in [-0.39, 0.29) is 22.5 Å². The van der Waals surface area contributed by atoms with Crippen LogP contribution < -0.4 is 5.32 Å². The third kappa shape index (κ3) is 3.75. The van der Waals surface area contributed by atoms with E-state index in [2.05, 4.69) is 41.9 Å². The highest BCUT2D eigenvalue weighted by Crippen LogP contribution is 2.35. The molecule has 0 atom stereocenters. The Kier molecular flexibility index (Phi) is 5.54. The molecule has 94 valence electrons. The lowest BCUT2D eigenvalue weighted by Crippen LogP contribution is -2.30. The Hall–Kier alpha value is -0.470. The molecule has 1 N–H and O–H groups in total. The summed E-state index contributed by atoms with van der Waals surface area (Å²) < 4.78 is 18.8. The number of hydrogen-bond acceptors (Lipinski definition) is 4. The Morgan fingerprint density at radius 3 is 2.59 bits per heavy atom. The fourth-order valence-electron chi connectivity index (χ4n) is 0.956. The van der Waals surface area contributed by atoms with Crippen molar-refractivity contribution in [3.63, 3.8) is 0 Å². The second-order valence-electron chi connectivity index (χ2n) is 2.82. The normalized spacial score (nSPS) is 10.1. The van der Waals surface area contributed by atoms with Crippen molar-refractivity contribution in [2.24, 2.45) is 0 Å². The minimum absolute atomic E-state index is 0.0898. The molecule has 1 rings (SSSR count). The largest absolute Gasteiger partial charge is 0.465 e. The number of thiophene rings is 1. The Bertz CT molecular complexity index is 450. The SMILES string of the molecule is CCOC(=O)CNC(=O)c1sc(Br)c(Br)c1F. The molecule has 0 saturated heterocycles. The average Bonchev–Trinajstić information content (AvgIpc) is 2.54. The molecule has 4 nitrogen and oxygen atoms in total. The van der Waals surface area contributed by atoms with Gasteiger partial charge in [-0.1, -0.05) is 0 Å². The number of carbonyl (C=O) groups excluding carboxylic acids is 2. The van der Waals surface area contributed by atoms with Crippen molar-refractivity contribution in [3.8, 4) is 0 Å². The van der Waals surface area contributed by atoms with Crippen LogP contribution in [-0.4, -0.2) is 25.0 Å². The molecular formula is C9H8Br2FNO3S. The zero-order valence-corrected chi connectivity index (χ0v) is 12.7. The molecule has 0 unspecified atom stereocenters. The molecule has 1 amide bonds. The molecule has 0 bridgehead atoms. The first-order chi connectivity index (χ1) is 7.97. The first kappa shape index (κ1) is 14.6. The average molecular weight is 389 g/mol. The minimum atomic E-state index is -0.650. The second-order valence-corrected chi connectivity index (χ2v) is 5.95. The van der Waals surface area contributed by atoms with Crippen LogP contribution in [0.1, 0.15) is 16.6 Å². The summed E-state index contributed by atoms with van der Waals surface area (Å²) in [7, 11) is 0. The maximum atomic E-state index is 13.5. The number of ether oxygens (including phenoxy) is 1. The Balaban J connectivity index is 2.64. The molecule has 17 heavy (non-hydrogen) atoms. The second kappa shape index (κ2) is 6.46. The van der Waals surface area contributed by atoms with Gasteiger partial charge in [-0.05, 0) is 38.8 Å². The third-order valence-electron chi connectivity index (χ3n) is 1.66. The summed E-state index contributed by atoms with van der Waals surface area (Å²) in [6, 6.07) is 0. The van der Waals surface area contributed by atoms with E-state index in [1.807, 2.05) is 0 Å². The van der Waals surface area contributed by atoms with Gasteiger partial charge in [0.15, 0.2) is 5.82 Å². The van der Waals surface area contributed by atoms with Gasteiger partial charge in [-0.15, -0.1) is 11.3 Å². The molecule has 1 aromatic rings. The summed E-state index contributed by atoms with van der Waals surface area (Å²) in [5, 5.41) is 2.28. The van der Waals surface area contributed by atoms with Crippen molar-refractivity contribution < 1.29 is 18.7 Å². The maximum absolute atomic E-state index is 13.5. The lowest BCUT2D eigenvalue weighted by atomic mass is 10.4. The molecular weight excluding hydrogens is 381 g/mol. The number of halogens is 3. The molecule has 0 saturated carbocycles. The number of carbonyl (C=O) groups is 2. The van der Waals surface area contributed by atoms with Crippen molar-refractivity contribution in [3.05, 3.63) is 19.0 Å². The van der Waals surface area contributed by atoms with E-state index in [0.29, 0.717) is 3.79 Å². The number of esters is 1. The first-order valence-electron chi connectivity index (χ1n) is 4.54. The lowest BCUT2D eigenvalue weighted by Gasteiger charge is -2.03. The Morgan fingerprint density at radius 2 is 2.12 bits per heavy atom. The highest BCUT2D eigenvalue weighted by atomic mass is 79.9. The van der Waals surface area contributed by atoms with Crippen LogP contribution >= 0.6 is 43.2 Å². The van der Waals surface area contributed by atoms with Crippen molar-refractivity contribution in [1.82, 2.24) is 5.32 Å². The topological polar surface area (TPSA) is 55.4 Å². The molecule has 0 radical (unpaired) electrons. The number of amides is 1. The number of hydrogen-bond donors (Lipinski definition) is 1. The van der Waals surface area contributed by atoms with E-state index in [1.54, 1.807) is 6.92 Å². The van der Waals surface area contributed by atoms with Crippen molar-refractivity contribution >= 4 is 55.1 Å². The summed E-state index contributed by atoms with van der Waals surface area (Å²) >= 11 is 7.03. The van der Waals surface area contributed by atoms with Crippen LogP contribution in [0.4, 0.5) is 4.39 Å². The van der Waals surface area contributed by atoms with Gasteiger partial charge >= 0.3 is 5.97 Å². The van der Waals surface area contributed by atoms with Gasteiger partial charge in [0.2, 0.25) is 0 Å². The van der Waals surface area contributed by atoms with Crippen molar-refractivity contribution in [2.75, 3.05) is 13.2 Å². The summed E-state index contributed by atoms with van der Waals surface area (Å²) in [5.41, 5.74) is 0. The summed E-state index contributed by atoms with van der Waals surface area (Å²) in [6.45, 7) is 1.62. The van der Waals surface area contributed by atoms with E-state index in [0.717, 1.165) is 11.3 Å². The van der Waals surface area contributed by atoms with E-state index >= 15 is 0 Å². The first-order valence-corrected chi connectivity index (χ1v) is 6.94. The fourth-order valence-corrected chi connectivity index (χ4v) is 2.90. The van der Waals surface area contributed by atoms with Gasteiger partial charge < -0.3 is 10.1 Å². The van der Waals surface area contributed by atoms with Gasteiger partial charge in [0, 0.05) is 0 Å². The Morgan fingerprint density at radius 1 is 1.47 bits per heavy atom. The van der Waals surface area contributed by atoms with Gasteiger partial charge in [0.05, 0.1) is 14.9 Å². The summed E-state index contributed by atoms with van der Waals surface area (Å²) in [4.78, 5) is 22.4. The van der Waals surface area contributed by atoms with Crippen LogP contribution in [-0.2, 0) is 9.53 Å². The van der Waals surface area contributed by atoms with E-state index in [4.69, 9.17) is 0 Å². The number of rotatable bonds is 4. The summed E-state index contributed by atoms with van der Waals surface area (Å²) in [6.07, 6.45) is 0. The number of nitrogens with one attached hydrogen (secondary N) is 1. The molecule has 1 aromatic heterocycles. The smallest absolute Gasteiger partial charge is 0.325 e. The zero-order chi connectivity index (χ0) is 13.0.